The van der Waals surface area contributed by atoms with Crippen molar-refractivity contribution in [2.45, 2.75) is 32.7 Å². The first-order chi connectivity index (χ1) is 13.4. The summed E-state index contributed by atoms with van der Waals surface area (Å²) < 4.78 is 10.5. The zero-order chi connectivity index (χ0) is 20.5. The van der Waals surface area contributed by atoms with Crippen molar-refractivity contribution in [3.05, 3.63) is 48.4 Å². The van der Waals surface area contributed by atoms with E-state index in [1.807, 2.05) is 13.8 Å². The van der Waals surface area contributed by atoms with Crippen LogP contribution in [-0.2, 0) is 9.59 Å². The third-order valence-corrected chi connectivity index (χ3v) is 3.91. The highest BCUT2D eigenvalue weighted by Gasteiger charge is 2.25. The normalized spacial score (nSPS) is 11.7. The molecule has 2 amide bonds. The Kier molecular flexibility index (Phi) is 7.62. The van der Waals surface area contributed by atoms with Crippen LogP contribution in [0, 0.1) is 5.92 Å². The Bertz CT molecular complexity index is 784. The summed E-state index contributed by atoms with van der Waals surface area (Å²) in [6.45, 7) is 3.97. The molecule has 150 valence electrons. The second-order valence-electron chi connectivity index (χ2n) is 6.53. The monoisotopic (exact) mass is 388 g/mol. The summed E-state index contributed by atoms with van der Waals surface area (Å²) in [5.74, 6) is -1.07. The molecule has 0 aliphatic rings. The zero-order valence-corrected chi connectivity index (χ0v) is 15.8. The largest absolute Gasteiger partial charge is 0.494 e. The van der Waals surface area contributed by atoms with Crippen LogP contribution in [0.5, 0.6) is 5.75 Å². The van der Waals surface area contributed by atoms with Gasteiger partial charge in [-0.3, -0.25) is 14.4 Å². The van der Waals surface area contributed by atoms with Gasteiger partial charge < -0.3 is 24.9 Å². The fraction of sp³-hybridized carbons (Fsp3) is 0.350. The van der Waals surface area contributed by atoms with E-state index < -0.39 is 17.9 Å². The maximum absolute atomic E-state index is 12.6. The molecule has 1 aromatic carbocycles. The lowest BCUT2D eigenvalue weighted by Gasteiger charge is -2.21. The Morgan fingerprint density at radius 1 is 1.14 bits per heavy atom. The molecule has 2 aromatic rings. The quantitative estimate of drug-likeness (QED) is 0.539. The van der Waals surface area contributed by atoms with Crippen LogP contribution >= 0.6 is 0 Å². The van der Waals surface area contributed by atoms with Gasteiger partial charge in [0.05, 0.1) is 12.9 Å². The number of hydrogen-bond acceptors (Lipinski definition) is 5. The maximum atomic E-state index is 12.6. The molecule has 1 atom stereocenters. The van der Waals surface area contributed by atoms with Gasteiger partial charge in [-0.2, -0.15) is 0 Å². The van der Waals surface area contributed by atoms with Crippen LogP contribution in [0.1, 0.15) is 37.2 Å². The summed E-state index contributed by atoms with van der Waals surface area (Å²) in [4.78, 5) is 35.2. The van der Waals surface area contributed by atoms with Gasteiger partial charge >= 0.3 is 5.97 Å². The molecular weight excluding hydrogens is 364 g/mol. The minimum atomic E-state index is -0.861. The van der Waals surface area contributed by atoms with Crippen molar-refractivity contribution < 1.29 is 28.6 Å². The molecule has 0 bridgehead atoms. The third kappa shape index (κ3) is 6.46. The second-order valence-corrected chi connectivity index (χ2v) is 6.53. The number of rotatable bonds is 10. The van der Waals surface area contributed by atoms with Crippen LogP contribution in [0.4, 0.5) is 5.69 Å². The summed E-state index contributed by atoms with van der Waals surface area (Å²) in [6.07, 6.45) is 1.86. The summed E-state index contributed by atoms with van der Waals surface area (Å²) in [5, 5.41) is 14.0. The summed E-state index contributed by atoms with van der Waals surface area (Å²) in [7, 11) is 0. The number of nitrogens with one attached hydrogen (secondary N) is 2. The van der Waals surface area contributed by atoms with Gasteiger partial charge in [-0.05, 0) is 48.7 Å². The number of furan rings is 1. The van der Waals surface area contributed by atoms with Gasteiger partial charge in [-0.25, -0.2) is 0 Å². The van der Waals surface area contributed by atoms with Crippen molar-refractivity contribution in [3.8, 4) is 5.75 Å². The Morgan fingerprint density at radius 2 is 1.86 bits per heavy atom. The van der Waals surface area contributed by atoms with Crippen LogP contribution < -0.4 is 15.4 Å². The topological polar surface area (TPSA) is 118 Å². The number of carboxylic acids is 1. The molecule has 0 radical (unpaired) electrons. The lowest BCUT2D eigenvalue weighted by atomic mass is 10.0. The predicted molar refractivity (Wildman–Crippen MR) is 102 cm³/mol. The van der Waals surface area contributed by atoms with Gasteiger partial charge in [-0.15, -0.1) is 0 Å². The highest BCUT2D eigenvalue weighted by atomic mass is 16.5. The maximum Gasteiger partial charge on any atom is 0.303 e. The van der Waals surface area contributed by atoms with Gasteiger partial charge in [-0.1, -0.05) is 13.8 Å². The lowest BCUT2D eigenvalue weighted by Crippen LogP contribution is -2.47. The number of amides is 2. The number of carbonyl (C=O) groups excluding carboxylic acids is 2. The first kappa shape index (κ1) is 21.0. The molecule has 0 saturated heterocycles. The minimum absolute atomic E-state index is 0.0501. The smallest absolute Gasteiger partial charge is 0.303 e. The highest BCUT2D eigenvalue weighted by Crippen LogP contribution is 2.17. The number of carbonyl (C=O) groups is 3. The van der Waals surface area contributed by atoms with Gasteiger partial charge in [0.15, 0.2) is 5.76 Å². The predicted octanol–water partition coefficient (Wildman–Crippen LogP) is 2.92. The van der Waals surface area contributed by atoms with Crippen molar-refractivity contribution >= 4 is 23.5 Å². The molecule has 2 rings (SSSR count). The number of carboxylic acid groups (broad SMARTS) is 1. The molecule has 0 saturated carbocycles. The van der Waals surface area contributed by atoms with Crippen LogP contribution in [0.15, 0.2) is 47.1 Å². The van der Waals surface area contributed by atoms with Crippen molar-refractivity contribution in [1.29, 1.82) is 0 Å². The second kappa shape index (κ2) is 10.1. The van der Waals surface area contributed by atoms with E-state index in [1.165, 1.54) is 12.3 Å². The molecule has 8 nitrogen and oxygen atoms in total. The SMILES string of the molecule is CC(C)C(NC(=O)c1ccco1)C(=O)Nc1ccc(OCCCC(=O)O)cc1. The van der Waals surface area contributed by atoms with Crippen molar-refractivity contribution in [3.63, 3.8) is 0 Å². The standard InChI is InChI=1S/C20H24N2O6/c1-13(2)18(22-19(25)16-5-3-12-28-16)20(26)21-14-7-9-15(10-8-14)27-11-4-6-17(23)24/h3,5,7-10,12-13,18H,4,6,11H2,1-2H3,(H,21,26)(H,22,25)(H,23,24). The van der Waals surface area contributed by atoms with E-state index in [-0.39, 0.29) is 24.0 Å². The van der Waals surface area contributed by atoms with Gasteiger partial charge in [0.2, 0.25) is 5.91 Å². The molecule has 0 aliphatic carbocycles. The molecule has 3 N–H and O–H groups in total. The van der Waals surface area contributed by atoms with E-state index >= 15 is 0 Å². The van der Waals surface area contributed by atoms with E-state index in [2.05, 4.69) is 10.6 Å². The highest BCUT2D eigenvalue weighted by molar-refractivity contribution is 6.00. The van der Waals surface area contributed by atoms with Crippen molar-refractivity contribution in [1.82, 2.24) is 5.32 Å². The van der Waals surface area contributed by atoms with E-state index in [4.69, 9.17) is 14.3 Å². The Labute approximate surface area is 162 Å². The average Bonchev–Trinajstić information content (AvgIpc) is 3.18. The Hall–Kier alpha value is -3.29. The van der Waals surface area contributed by atoms with Crippen molar-refractivity contribution in [2.75, 3.05) is 11.9 Å². The zero-order valence-electron chi connectivity index (χ0n) is 15.8. The van der Waals surface area contributed by atoms with E-state index in [9.17, 15) is 14.4 Å². The Morgan fingerprint density at radius 3 is 2.43 bits per heavy atom. The van der Waals surface area contributed by atoms with Gasteiger partial charge in [0, 0.05) is 12.1 Å². The third-order valence-electron chi connectivity index (χ3n) is 3.91. The molecule has 8 heteroatoms. The molecule has 0 aliphatic heterocycles. The van der Waals surface area contributed by atoms with E-state index in [1.54, 1.807) is 30.3 Å². The number of anilines is 1. The Balaban J connectivity index is 1.90. The van der Waals surface area contributed by atoms with Crippen LogP contribution in [0.25, 0.3) is 0 Å². The fourth-order valence-corrected chi connectivity index (χ4v) is 2.42. The first-order valence-corrected chi connectivity index (χ1v) is 8.96. The number of aliphatic carboxylic acids is 1. The van der Waals surface area contributed by atoms with Crippen LogP contribution in [-0.4, -0.2) is 35.5 Å². The molecule has 0 fully saturated rings. The van der Waals surface area contributed by atoms with Gasteiger partial charge in [0.1, 0.15) is 11.8 Å². The molecular formula is C20H24N2O6. The first-order valence-electron chi connectivity index (χ1n) is 8.96. The van der Waals surface area contributed by atoms with Crippen molar-refractivity contribution in [2.24, 2.45) is 5.92 Å². The van der Waals surface area contributed by atoms with Crippen LogP contribution in [0.3, 0.4) is 0 Å². The molecule has 0 spiro atoms. The lowest BCUT2D eigenvalue weighted by molar-refractivity contribution is -0.137. The van der Waals surface area contributed by atoms with Crippen LogP contribution in [0.2, 0.25) is 0 Å². The number of ether oxygens (including phenoxy) is 1. The molecule has 28 heavy (non-hydrogen) atoms. The average molecular weight is 388 g/mol. The number of hydrogen-bond donors (Lipinski definition) is 3. The molecule has 1 unspecified atom stereocenters. The molecule has 1 heterocycles. The minimum Gasteiger partial charge on any atom is -0.494 e. The van der Waals surface area contributed by atoms with E-state index in [0.29, 0.717) is 24.5 Å². The van der Waals surface area contributed by atoms with Gasteiger partial charge in [0.25, 0.3) is 5.91 Å². The molecule has 1 aromatic heterocycles. The number of benzene rings is 1. The summed E-state index contributed by atoms with van der Waals surface area (Å²) >= 11 is 0. The fourth-order valence-electron chi connectivity index (χ4n) is 2.42. The summed E-state index contributed by atoms with van der Waals surface area (Å²) in [6, 6.07) is 9.12. The van der Waals surface area contributed by atoms with E-state index in [0.717, 1.165) is 0 Å². The summed E-state index contributed by atoms with van der Waals surface area (Å²) in [5.41, 5.74) is 0.556.